The Bertz CT molecular complexity index is 221. The number of rotatable bonds is 9. The lowest BCUT2D eigenvalue weighted by atomic mass is 9.95. The minimum Gasteiger partial charge on any atom is -0.465 e. The maximum Gasteiger partial charge on any atom is 0.326 e. The molecule has 0 aliphatic carbocycles. The zero-order chi connectivity index (χ0) is 13.3. The molecule has 0 saturated heterocycles. The van der Waals surface area contributed by atoms with E-state index in [1.165, 1.54) is 5.75 Å². The normalized spacial score (nSPS) is 14.7. The number of carbonyl (C=O) groups is 1. The quantitative estimate of drug-likeness (QED) is 0.511. The van der Waals surface area contributed by atoms with E-state index in [1.807, 2.05) is 32.7 Å². The molecule has 0 amide bonds. The molecule has 1 atom stereocenters. The molecule has 0 radical (unpaired) electrons. The molecule has 0 fully saturated rings. The van der Waals surface area contributed by atoms with E-state index in [-0.39, 0.29) is 5.97 Å². The van der Waals surface area contributed by atoms with E-state index < -0.39 is 5.54 Å². The first-order valence-electron chi connectivity index (χ1n) is 6.44. The van der Waals surface area contributed by atoms with Gasteiger partial charge in [-0.05, 0) is 44.7 Å². The summed E-state index contributed by atoms with van der Waals surface area (Å²) in [5.74, 6) is 1.03. The van der Waals surface area contributed by atoms with Crippen molar-refractivity contribution in [2.75, 3.05) is 19.4 Å². The average Bonchev–Trinajstić information content (AvgIpc) is 2.28. The third-order valence-corrected chi connectivity index (χ3v) is 3.99. The molecule has 17 heavy (non-hydrogen) atoms. The zero-order valence-corrected chi connectivity index (χ0v) is 12.7. The van der Waals surface area contributed by atoms with Gasteiger partial charge >= 0.3 is 5.97 Å². The first-order chi connectivity index (χ1) is 7.96. The molecule has 0 heterocycles. The topological polar surface area (TPSA) is 38.3 Å². The van der Waals surface area contributed by atoms with Crippen LogP contribution in [0, 0.1) is 0 Å². The van der Waals surface area contributed by atoms with Gasteiger partial charge < -0.3 is 10.1 Å². The van der Waals surface area contributed by atoms with E-state index in [2.05, 4.69) is 19.2 Å². The van der Waals surface area contributed by atoms with Crippen LogP contribution in [0.2, 0.25) is 0 Å². The lowest BCUT2D eigenvalue weighted by Crippen LogP contribution is -2.48. The summed E-state index contributed by atoms with van der Waals surface area (Å²) in [7, 11) is 1.82. The van der Waals surface area contributed by atoms with Gasteiger partial charge in [0, 0.05) is 0 Å². The molecular formula is C13H27NO2S. The van der Waals surface area contributed by atoms with Crippen LogP contribution in [0.25, 0.3) is 0 Å². The van der Waals surface area contributed by atoms with Crippen LogP contribution < -0.4 is 5.32 Å². The van der Waals surface area contributed by atoms with Crippen molar-refractivity contribution in [1.29, 1.82) is 0 Å². The molecule has 102 valence electrons. The van der Waals surface area contributed by atoms with Gasteiger partial charge in [0.1, 0.15) is 5.54 Å². The lowest BCUT2D eigenvalue weighted by molar-refractivity contribution is -0.150. The van der Waals surface area contributed by atoms with Crippen molar-refractivity contribution < 1.29 is 9.53 Å². The van der Waals surface area contributed by atoms with Crippen LogP contribution in [0.15, 0.2) is 0 Å². The fourth-order valence-electron chi connectivity index (χ4n) is 1.52. The van der Waals surface area contributed by atoms with E-state index in [0.29, 0.717) is 11.9 Å². The zero-order valence-electron chi connectivity index (χ0n) is 11.8. The monoisotopic (exact) mass is 261 g/mol. The highest BCUT2D eigenvalue weighted by Gasteiger charge is 2.31. The number of likely N-dealkylation sites (N-methyl/N-ethyl adjacent to an activating group) is 1. The van der Waals surface area contributed by atoms with Crippen molar-refractivity contribution in [1.82, 2.24) is 5.32 Å². The second-order valence-corrected chi connectivity index (χ2v) is 6.36. The predicted octanol–water partition coefficient (Wildman–Crippen LogP) is 2.84. The Balaban J connectivity index is 3.91. The van der Waals surface area contributed by atoms with Gasteiger partial charge in [-0.25, -0.2) is 0 Å². The van der Waals surface area contributed by atoms with Gasteiger partial charge in [0.05, 0.1) is 6.61 Å². The summed E-state index contributed by atoms with van der Waals surface area (Å²) in [6.07, 6.45) is 3.04. The molecule has 3 nitrogen and oxygen atoms in total. The van der Waals surface area contributed by atoms with Gasteiger partial charge in [-0.1, -0.05) is 20.3 Å². The highest BCUT2D eigenvalue weighted by atomic mass is 32.2. The molecule has 0 aliphatic heterocycles. The molecular weight excluding hydrogens is 234 g/mol. The van der Waals surface area contributed by atoms with Gasteiger partial charge in [-0.3, -0.25) is 4.79 Å². The second kappa shape index (κ2) is 8.81. The van der Waals surface area contributed by atoms with Crippen molar-refractivity contribution in [3.05, 3.63) is 0 Å². The largest absolute Gasteiger partial charge is 0.465 e. The fourth-order valence-corrected chi connectivity index (χ4v) is 2.36. The average molecular weight is 261 g/mol. The SMILES string of the molecule is CCOC(=O)C(C)(CCCCSC(C)C)NC. The van der Waals surface area contributed by atoms with Gasteiger partial charge in [-0.2, -0.15) is 11.8 Å². The maximum atomic E-state index is 11.8. The molecule has 0 saturated carbocycles. The Hall–Kier alpha value is -0.220. The van der Waals surface area contributed by atoms with Crippen molar-refractivity contribution >= 4 is 17.7 Å². The van der Waals surface area contributed by atoms with E-state index >= 15 is 0 Å². The van der Waals surface area contributed by atoms with Crippen LogP contribution in [0.1, 0.15) is 47.0 Å². The first kappa shape index (κ1) is 16.8. The molecule has 0 rings (SSSR count). The summed E-state index contributed by atoms with van der Waals surface area (Å²) >= 11 is 1.97. The molecule has 0 aromatic carbocycles. The Morgan fingerprint density at radius 3 is 2.53 bits per heavy atom. The van der Waals surface area contributed by atoms with Crippen LogP contribution in [-0.4, -0.2) is 36.2 Å². The van der Waals surface area contributed by atoms with Crippen molar-refractivity contribution in [2.45, 2.75) is 57.7 Å². The number of unbranched alkanes of at least 4 members (excludes halogenated alkanes) is 1. The minimum absolute atomic E-state index is 0.140. The number of carbonyl (C=O) groups excluding carboxylic acids is 1. The Labute approximate surface area is 110 Å². The molecule has 1 unspecified atom stereocenters. The summed E-state index contributed by atoms with van der Waals surface area (Å²) in [6.45, 7) is 8.62. The Morgan fingerprint density at radius 1 is 1.41 bits per heavy atom. The third-order valence-electron chi connectivity index (χ3n) is 2.80. The Kier molecular flexibility index (Phi) is 8.70. The summed E-state index contributed by atoms with van der Waals surface area (Å²) in [6, 6.07) is 0. The molecule has 0 bridgehead atoms. The van der Waals surface area contributed by atoms with Crippen molar-refractivity contribution in [3.63, 3.8) is 0 Å². The summed E-state index contributed by atoms with van der Waals surface area (Å²) < 4.78 is 5.09. The number of ether oxygens (including phenoxy) is 1. The number of hydrogen-bond donors (Lipinski definition) is 1. The summed E-state index contributed by atoms with van der Waals surface area (Å²) in [4.78, 5) is 11.8. The molecule has 1 N–H and O–H groups in total. The fraction of sp³-hybridized carbons (Fsp3) is 0.923. The van der Waals surface area contributed by atoms with Crippen LogP contribution in [-0.2, 0) is 9.53 Å². The number of thioether (sulfide) groups is 1. The van der Waals surface area contributed by atoms with Gasteiger partial charge in [0.15, 0.2) is 0 Å². The molecule has 4 heteroatoms. The first-order valence-corrected chi connectivity index (χ1v) is 7.49. The number of nitrogens with one attached hydrogen (secondary N) is 1. The summed E-state index contributed by atoms with van der Waals surface area (Å²) in [5.41, 5.74) is -0.529. The highest BCUT2D eigenvalue weighted by molar-refractivity contribution is 7.99. The second-order valence-electron chi connectivity index (χ2n) is 4.68. The smallest absolute Gasteiger partial charge is 0.326 e. The standard InChI is InChI=1S/C13H27NO2S/c1-6-16-12(15)13(4,14-5)9-7-8-10-17-11(2)3/h11,14H,6-10H2,1-5H3. The Morgan fingerprint density at radius 2 is 2.06 bits per heavy atom. The molecule has 0 aromatic heterocycles. The highest BCUT2D eigenvalue weighted by Crippen LogP contribution is 2.18. The van der Waals surface area contributed by atoms with Crippen molar-refractivity contribution in [2.24, 2.45) is 0 Å². The van der Waals surface area contributed by atoms with E-state index in [9.17, 15) is 4.79 Å². The molecule has 0 spiro atoms. The minimum atomic E-state index is -0.529. The van der Waals surface area contributed by atoms with E-state index in [4.69, 9.17) is 4.74 Å². The maximum absolute atomic E-state index is 11.8. The number of esters is 1. The van der Waals surface area contributed by atoms with E-state index in [0.717, 1.165) is 19.3 Å². The van der Waals surface area contributed by atoms with Crippen LogP contribution in [0.3, 0.4) is 0 Å². The van der Waals surface area contributed by atoms with Crippen LogP contribution >= 0.6 is 11.8 Å². The lowest BCUT2D eigenvalue weighted by Gasteiger charge is -2.26. The summed E-state index contributed by atoms with van der Waals surface area (Å²) in [5, 5.41) is 3.77. The van der Waals surface area contributed by atoms with Crippen LogP contribution in [0.4, 0.5) is 0 Å². The third kappa shape index (κ3) is 6.94. The predicted molar refractivity (Wildman–Crippen MR) is 75.5 cm³/mol. The van der Waals surface area contributed by atoms with Gasteiger partial charge in [-0.15, -0.1) is 0 Å². The van der Waals surface area contributed by atoms with Gasteiger partial charge in [0.2, 0.25) is 0 Å². The van der Waals surface area contributed by atoms with E-state index in [1.54, 1.807) is 0 Å². The molecule has 0 aliphatic rings. The van der Waals surface area contributed by atoms with Crippen LogP contribution in [0.5, 0.6) is 0 Å². The molecule has 0 aromatic rings. The van der Waals surface area contributed by atoms with Gasteiger partial charge in [0.25, 0.3) is 0 Å². The van der Waals surface area contributed by atoms with Crippen molar-refractivity contribution in [3.8, 4) is 0 Å². The number of hydrogen-bond acceptors (Lipinski definition) is 4.